The van der Waals surface area contributed by atoms with Crippen molar-refractivity contribution in [3.05, 3.63) is 34.3 Å². The first-order valence-electron chi connectivity index (χ1n) is 6.82. The predicted octanol–water partition coefficient (Wildman–Crippen LogP) is 2.96. The number of carboxylic acids is 1. The van der Waals surface area contributed by atoms with Gasteiger partial charge in [-0.25, -0.2) is 0 Å². The van der Waals surface area contributed by atoms with Crippen LogP contribution in [0.3, 0.4) is 0 Å². The van der Waals surface area contributed by atoms with Gasteiger partial charge in [0.15, 0.2) is 0 Å². The van der Waals surface area contributed by atoms with Crippen LogP contribution in [0.1, 0.15) is 31.2 Å². The molecule has 1 saturated carbocycles. The van der Waals surface area contributed by atoms with Crippen molar-refractivity contribution in [1.82, 2.24) is 5.32 Å². The van der Waals surface area contributed by atoms with Crippen molar-refractivity contribution in [3.63, 3.8) is 0 Å². The Morgan fingerprint density at radius 1 is 1.25 bits per heavy atom. The van der Waals surface area contributed by atoms with Gasteiger partial charge in [0, 0.05) is 16.9 Å². The zero-order chi connectivity index (χ0) is 14.5. The number of benzene rings is 1. The fraction of sp³-hybridized carbons (Fsp3) is 0.467. The summed E-state index contributed by atoms with van der Waals surface area (Å²) < 4.78 is 0.965. The summed E-state index contributed by atoms with van der Waals surface area (Å²) in [6.07, 6.45) is 2.73. The Morgan fingerprint density at radius 3 is 2.65 bits per heavy atom. The molecule has 0 spiro atoms. The van der Waals surface area contributed by atoms with Crippen molar-refractivity contribution in [3.8, 4) is 0 Å². The molecule has 20 heavy (non-hydrogen) atoms. The summed E-state index contributed by atoms with van der Waals surface area (Å²) in [6.45, 7) is 0.467. The lowest BCUT2D eigenvalue weighted by molar-refractivity contribution is -0.144. The van der Waals surface area contributed by atoms with Crippen LogP contribution in [-0.4, -0.2) is 17.0 Å². The summed E-state index contributed by atoms with van der Waals surface area (Å²) in [7, 11) is 0. The van der Waals surface area contributed by atoms with E-state index in [9.17, 15) is 9.59 Å². The molecule has 2 atom stereocenters. The topological polar surface area (TPSA) is 66.4 Å². The van der Waals surface area contributed by atoms with E-state index in [4.69, 9.17) is 5.11 Å². The van der Waals surface area contributed by atoms with Crippen LogP contribution in [-0.2, 0) is 16.1 Å². The maximum absolute atomic E-state index is 12.1. The van der Waals surface area contributed by atoms with Crippen LogP contribution < -0.4 is 5.32 Å². The summed E-state index contributed by atoms with van der Waals surface area (Å²) in [5, 5.41) is 12.0. The molecule has 1 fully saturated rings. The van der Waals surface area contributed by atoms with E-state index >= 15 is 0 Å². The normalized spacial score (nSPS) is 22.2. The van der Waals surface area contributed by atoms with E-state index in [2.05, 4.69) is 21.2 Å². The Balaban J connectivity index is 1.89. The molecule has 1 aromatic carbocycles. The molecule has 108 valence electrons. The lowest BCUT2D eigenvalue weighted by Gasteiger charge is -2.25. The van der Waals surface area contributed by atoms with Crippen LogP contribution in [0.4, 0.5) is 0 Å². The molecule has 5 heteroatoms. The largest absolute Gasteiger partial charge is 0.481 e. The number of carbonyl (C=O) groups excluding carboxylic acids is 1. The Kier molecular flexibility index (Phi) is 5.17. The van der Waals surface area contributed by atoms with Gasteiger partial charge in [0.25, 0.3) is 0 Å². The maximum Gasteiger partial charge on any atom is 0.306 e. The third-order valence-corrected chi connectivity index (χ3v) is 4.58. The summed E-state index contributed by atoms with van der Waals surface area (Å²) in [5.41, 5.74) is 1.02. The van der Waals surface area contributed by atoms with Gasteiger partial charge in [0.1, 0.15) is 0 Å². The fourth-order valence-electron chi connectivity index (χ4n) is 2.62. The highest BCUT2D eigenvalue weighted by Crippen LogP contribution is 2.29. The molecule has 1 aliphatic carbocycles. The highest BCUT2D eigenvalue weighted by Gasteiger charge is 2.30. The molecule has 2 rings (SSSR count). The Hall–Kier alpha value is -1.36. The van der Waals surface area contributed by atoms with Crippen molar-refractivity contribution in [1.29, 1.82) is 0 Å². The number of carbonyl (C=O) groups is 2. The maximum atomic E-state index is 12.1. The van der Waals surface area contributed by atoms with Crippen LogP contribution in [0, 0.1) is 11.8 Å². The lowest BCUT2D eigenvalue weighted by Crippen LogP contribution is -2.35. The molecule has 0 aromatic heterocycles. The highest BCUT2D eigenvalue weighted by atomic mass is 79.9. The molecule has 0 aliphatic heterocycles. The average Bonchev–Trinajstić information content (AvgIpc) is 2.46. The van der Waals surface area contributed by atoms with Gasteiger partial charge in [-0.3, -0.25) is 9.59 Å². The first-order valence-corrected chi connectivity index (χ1v) is 7.61. The van der Waals surface area contributed by atoms with Gasteiger partial charge >= 0.3 is 5.97 Å². The molecular weight excluding hydrogens is 322 g/mol. The number of halogens is 1. The van der Waals surface area contributed by atoms with E-state index in [1.165, 1.54) is 0 Å². The van der Waals surface area contributed by atoms with Gasteiger partial charge < -0.3 is 10.4 Å². The smallest absolute Gasteiger partial charge is 0.306 e. The van der Waals surface area contributed by atoms with Crippen molar-refractivity contribution in [2.24, 2.45) is 11.8 Å². The number of nitrogens with one attached hydrogen (secondary N) is 1. The van der Waals surface area contributed by atoms with Crippen LogP contribution in [0.15, 0.2) is 28.7 Å². The van der Waals surface area contributed by atoms with Crippen molar-refractivity contribution >= 4 is 27.8 Å². The van der Waals surface area contributed by atoms with E-state index < -0.39 is 5.97 Å². The standard InChI is InChI=1S/C15H18BrNO3/c16-13-7-2-1-4-12(13)9-17-14(18)10-5-3-6-11(8-10)15(19)20/h1-2,4,7,10-11H,3,5-6,8-9H2,(H,17,18)(H,19,20). The summed E-state index contributed by atoms with van der Waals surface area (Å²) in [6, 6.07) is 7.73. The molecule has 0 heterocycles. The summed E-state index contributed by atoms with van der Waals surface area (Å²) in [4.78, 5) is 23.1. The minimum Gasteiger partial charge on any atom is -0.481 e. The van der Waals surface area contributed by atoms with Crippen LogP contribution >= 0.6 is 15.9 Å². The van der Waals surface area contributed by atoms with Gasteiger partial charge in [0.05, 0.1) is 5.92 Å². The van der Waals surface area contributed by atoms with E-state index in [0.717, 1.165) is 22.9 Å². The Bertz CT molecular complexity index is 504. The average molecular weight is 340 g/mol. The van der Waals surface area contributed by atoms with Crippen LogP contribution in [0.25, 0.3) is 0 Å². The highest BCUT2D eigenvalue weighted by molar-refractivity contribution is 9.10. The Morgan fingerprint density at radius 2 is 1.95 bits per heavy atom. The zero-order valence-electron chi connectivity index (χ0n) is 11.1. The van der Waals surface area contributed by atoms with Gasteiger partial charge in [-0.1, -0.05) is 40.5 Å². The molecule has 0 bridgehead atoms. The molecule has 2 unspecified atom stereocenters. The number of amides is 1. The number of aliphatic carboxylic acids is 1. The van der Waals surface area contributed by atoms with E-state index in [-0.39, 0.29) is 17.7 Å². The zero-order valence-corrected chi connectivity index (χ0v) is 12.7. The minimum atomic E-state index is -0.784. The van der Waals surface area contributed by atoms with E-state index in [1.54, 1.807) is 0 Å². The minimum absolute atomic E-state index is 0.0355. The number of rotatable bonds is 4. The number of carboxylic acid groups (broad SMARTS) is 1. The third kappa shape index (κ3) is 3.82. The van der Waals surface area contributed by atoms with Gasteiger partial charge in [-0.05, 0) is 30.9 Å². The molecule has 1 aromatic rings. The van der Waals surface area contributed by atoms with Crippen molar-refractivity contribution in [2.45, 2.75) is 32.2 Å². The summed E-state index contributed by atoms with van der Waals surface area (Å²) in [5.74, 6) is -1.37. The van der Waals surface area contributed by atoms with Crippen LogP contribution in [0.2, 0.25) is 0 Å². The second-order valence-electron chi connectivity index (χ2n) is 5.21. The Labute approximate surface area is 126 Å². The lowest BCUT2D eigenvalue weighted by atomic mass is 9.81. The first kappa shape index (κ1) is 15.0. The second kappa shape index (κ2) is 6.88. The fourth-order valence-corrected chi connectivity index (χ4v) is 3.05. The molecule has 2 N–H and O–H groups in total. The van der Waals surface area contributed by atoms with E-state index in [1.807, 2.05) is 24.3 Å². The first-order chi connectivity index (χ1) is 9.58. The second-order valence-corrected chi connectivity index (χ2v) is 6.06. The SMILES string of the molecule is O=C(O)C1CCCC(C(=O)NCc2ccccc2Br)C1. The van der Waals surface area contributed by atoms with Gasteiger partial charge in [-0.2, -0.15) is 0 Å². The molecule has 0 radical (unpaired) electrons. The number of hydrogen-bond acceptors (Lipinski definition) is 2. The van der Waals surface area contributed by atoms with Crippen molar-refractivity contribution in [2.75, 3.05) is 0 Å². The number of hydrogen-bond donors (Lipinski definition) is 2. The molecule has 0 saturated heterocycles. The molecule has 1 amide bonds. The van der Waals surface area contributed by atoms with Crippen LogP contribution in [0.5, 0.6) is 0 Å². The molecule has 4 nitrogen and oxygen atoms in total. The van der Waals surface area contributed by atoms with Gasteiger partial charge in [0.2, 0.25) is 5.91 Å². The predicted molar refractivity (Wildman–Crippen MR) is 79.1 cm³/mol. The van der Waals surface area contributed by atoms with Crippen molar-refractivity contribution < 1.29 is 14.7 Å². The van der Waals surface area contributed by atoms with Gasteiger partial charge in [-0.15, -0.1) is 0 Å². The molecular formula is C15H18BrNO3. The quantitative estimate of drug-likeness (QED) is 0.886. The van der Waals surface area contributed by atoms with E-state index in [0.29, 0.717) is 19.4 Å². The summed E-state index contributed by atoms with van der Waals surface area (Å²) >= 11 is 3.44. The molecule has 1 aliphatic rings. The monoisotopic (exact) mass is 339 g/mol. The third-order valence-electron chi connectivity index (χ3n) is 3.81.